The summed E-state index contributed by atoms with van der Waals surface area (Å²) < 4.78 is 5.45. The van der Waals surface area contributed by atoms with Gasteiger partial charge in [-0.25, -0.2) is 4.79 Å². The first-order valence-electron chi connectivity index (χ1n) is 9.50. The fraction of sp³-hybridized carbons (Fsp3) is 0.571. The Morgan fingerprint density at radius 1 is 1.19 bits per heavy atom. The Bertz CT molecular complexity index is 713. The molecule has 2 fully saturated rings. The highest BCUT2D eigenvalue weighted by molar-refractivity contribution is 5.80. The molecule has 1 aromatic rings. The molecule has 0 bridgehead atoms. The monoisotopic (exact) mass is 372 g/mol. The molecular weight excluding hydrogens is 344 g/mol. The molecule has 0 N–H and O–H groups in total. The molecule has 2 heterocycles. The molecule has 27 heavy (non-hydrogen) atoms. The molecule has 0 unspecified atom stereocenters. The van der Waals surface area contributed by atoms with Crippen molar-refractivity contribution in [3.63, 3.8) is 0 Å². The van der Waals surface area contributed by atoms with Crippen molar-refractivity contribution in [3.05, 3.63) is 35.4 Å². The third-order valence-electron chi connectivity index (χ3n) is 5.37. The molecule has 1 spiro atoms. The van der Waals surface area contributed by atoms with Gasteiger partial charge in [0.05, 0.1) is 0 Å². The van der Waals surface area contributed by atoms with Gasteiger partial charge in [0.25, 0.3) is 0 Å². The Morgan fingerprint density at radius 3 is 2.37 bits per heavy atom. The van der Waals surface area contributed by atoms with Crippen LogP contribution in [0.5, 0.6) is 0 Å². The summed E-state index contributed by atoms with van der Waals surface area (Å²) >= 11 is 0. The second-order valence-corrected chi connectivity index (χ2v) is 8.75. The number of rotatable bonds is 3. The SMILES string of the molecule is CC(C)(C)OC(=O)N1CCC2(CC1)CC(=O)N(Cc1ccc(C=O)cc1)C2. The molecule has 146 valence electrons. The number of carbonyl (C=O) groups excluding carboxylic acids is 3. The fourth-order valence-corrected chi connectivity index (χ4v) is 3.87. The Morgan fingerprint density at radius 2 is 1.81 bits per heavy atom. The van der Waals surface area contributed by atoms with E-state index < -0.39 is 5.60 Å². The predicted octanol–water partition coefficient (Wildman–Crippen LogP) is 3.25. The lowest BCUT2D eigenvalue weighted by atomic mass is 9.78. The second kappa shape index (κ2) is 7.33. The number of likely N-dealkylation sites (tertiary alicyclic amines) is 2. The summed E-state index contributed by atoms with van der Waals surface area (Å²) in [6.07, 6.45) is 2.73. The van der Waals surface area contributed by atoms with Gasteiger partial charge < -0.3 is 14.5 Å². The topological polar surface area (TPSA) is 66.9 Å². The smallest absolute Gasteiger partial charge is 0.410 e. The average Bonchev–Trinajstić information content (AvgIpc) is 2.89. The maximum absolute atomic E-state index is 12.5. The van der Waals surface area contributed by atoms with Crippen LogP contribution >= 0.6 is 0 Å². The number of aldehydes is 1. The molecule has 0 radical (unpaired) electrons. The molecule has 0 atom stereocenters. The van der Waals surface area contributed by atoms with Crippen LogP contribution in [0, 0.1) is 5.41 Å². The maximum Gasteiger partial charge on any atom is 0.410 e. The minimum absolute atomic E-state index is 0.0433. The number of amides is 2. The predicted molar refractivity (Wildman–Crippen MR) is 101 cm³/mol. The molecule has 2 amide bonds. The second-order valence-electron chi connectivity index (χ2n) is 8.75. The van der Waals surface area contributed by atoms with E-state index in [1.165, 1.54) is 0 Å². The van der Waals surface area contributed by atoms with E-state index in [-0.39, 0.29) is 17.4 Å². The van der Waals surface area contributed by atoms with E-state index in [0.717, 1.165) is 31.2 Å². The van der Waals surface area contributed by atoms with E-state index in [1.807, 2.05) is 37.8 Å². The number of ether oxygens (including phenoxy) is 1. The zero-order valence-electron chi connectivity index (χ0n) is 16.4. The lowest BCUT2D eigenvalue weighted by Gasteiger charge is -2.39. The number of carbonyl (C=O) groups is 3. The van der Waals surface area contributed by atoms with Gasteiger partial charge in [-0.1, -0.05) is 24.3 Å². The van der Waals surface area contributed by atoms with Crippen molar-refractivity contribution < 1.29 is 19.1 Å². The largest absolute Gasteiger partial charge is 0.444 e. The Labute approximate surface area is 160 Å². The normalized spacial score (nSPS) is 19.4. The fourth-order valence-electron chi connectivity index (χ4n) is 3.87. The molecule has 2 aliphatic heterocycles. The highest BCUT2D eigenvalue weighted by Crippen LogP contribution is 2.41. The average molecular weight is 372 g/mol. The van der Waals surface area contributed by atoms with E-state index in [2.05, 4.69) is 0 Å². The van der Waals surface area contributed by atoms with Crippen molar-refractivity contribution in [2.45, 2.75) is 52.2 Å². The summed E-state index contributed by atoms with van der Waals surface area (Å²) in [6, 6.07) is 7.34. The Kier molecular flexibility index (Phi) is 5.27. The van der Waals surface area contributed by atoms with E-state index in [0.29, 0.717) is 31.6 Å². The number of hydrogen-bond acceptors (Lipinski definition) is 4. The third-order valence-corrected chi connectivity index (χ3v) is 5.37. The van der Waals surface area contributed by atoms with Gasteiger partial charge in [0.1, 0.15) is 11.9 Å². The summed E-state index contributed by atoms with van der Waals surface area (Å²) in [6.45, 7) is 8.15. The first kappa shape index (κ1) is 19.4. The number of benzene rings is 1. The zero-order valence-corrected chi connectivity index (χ0v) is 16.4. The van der Waals surface area contributed by atoms with Crippen LogP contribution in [0.1, 0.15) is 56.0 Å². The first-order valence-corrected chi connectivity index (χ1v) is 9.50. The lowest BCUT2D eigenvalue weighted by molar-refractivity contribution is -0.128. The molecule has 6 nitrogen and oxygen atoms in total. The van der Waals surface area contributed by atoms with Crippen LogP contribution in [0.25, 0.3) is 0 Å². The molecule has 1 aromatic carbocycles. The maximum atomic E-state index is 12.5. The van der Waals surface area contributed by atoms with Gasteiger partial charge in [-0.15, -0.1) is 0 Å². The van der Waals surface area contributed by atoms with Gasteiger partial charge in [0.2, 0.25) is 5.91 Å². The minimum Gasteiger partial charge on any atom is -0.444 e. The molecule has 3 rings (SSSR count). The number of nitrogens with zero attached hydrogens (tertiary/aromatic N) is 2. The van der Waals surface area contributed by atoms with Gasteiger partial charge in [0.15, 0.2) is 0 Å². The lowest BCUT2D eigenvalue weighted by Crippen LogP contribution is -2.46. The van der Waals surface area contributed by atoms with Crippen molar-refractivity contribution in [2.75, 3.05) is 19.6 Å². The molecule has 2 aliphatic rings. The van der Waals surface area contributed by atoms with Crippen LogP contribution in [-0.4, -0.2) is 53.3 Å². The van der Waals surface area contributed by atoms with Crippen LogP contribution in [0.2, 0.25) is 0 Å². The van der Waals surface area contributed by atoms with E-state index in [4.69, 9.17) is 4.74 Å². The Balaban J connectivity index is 1.57. The highest BCUT2D eigenvalue weighted by atomic mass is 16.6. The standard InChI is InChI=1S/C21H28N2O4/c1-20(2,3)27-19(26)22-10-8-21(9-11-22)12-18(25)23(15-21)13-16-4-6-17(14-24)7-5-16/h4-7,14H,8-13,15H2,1-3H3. The summed E-state index contributed by atoms with van der Waals surface area (Å²) in [5, 5.41) is 0. The zero-order chi connectivity index (χ0) is 19.7. The van der Waals surface area contributed by atoms with Crippen molar-refractivity contribution in [3.8, 4) is 0 Å². The van der Waals surface area contributed by atoms with Crippen LogP contribution in [0.3, 0.4) is 0 Å². The van der Waals surface area contributed by atoms with E-state index in [9.17, 15) is 14.4 Å². The van der Waals surface area contributed by atoms with Gasteiger partial charge in [-0.3, -0.25) is 9.59 Å². The molecule has 0 aliphatic carbocycles. The molecule has 2 saturated heterocycles. The first-order chi connectivity index (χ1) is 12.7. The highest BCUT2D eigenvalue weighted by Gasteiger charge is 2.45. The van der Waals surface area contributed by atoms with Crippen molar-refractivity contribution in [1.29, 1.82) is 0 Å². The molecular formula is C21H28N2O4. The van der Waals surface area contributed by atoms with Crippen molar-refractivity contribution in [2.24, 2.45) is 5.41 Å². The van der Waals surface area contributed by atoms with Crippen LogP contribution < -0.4 is 0 Å². The van der Waals surface area contributed by atoms with Crippen molar-refractivity contribution >= 4 is 18.3 Å². The van der Waals surface area contributed by atoms with E-state index >= 15 is 0 Å². The summed E-state index contributed by atoms with van der Waals surface area (Å²) in [5.41, 5.74) is 1.12. The summed E-state index contributed by atoms with van der Waals surface area (Å²) in [7, 11) is 0. The van der Waals surface area contributed by atoms with Crippen LogP contribution in [0.15, 0.2) is 24.3 Å². The summed E-state index contributed by atoms with van der Waals surface area (Å²) in [4.78, 5) is 39.2. The van der Waals surface area contributed by atoms with Crippen molar-refractivity contribution in [1.82, 2.24) is 9.80 Å². The molecule has 0 saturated carbocycles. The van der Waals surface area contributed by atoms with Crippen LogP contribution in [0.4, 0.5) is 4.79 Å². The summed E-state index contributed by atoms with van der Waals surface area (Å²) in [5.74, 6) is 0.167. The quantitative estimate of drug-likeness (QED) is 0.764. The number of piperidine rings is 1. The van der Waals surface area contributed by atoms with Gasteiger partial charge >= 0.3 is 6.09 Å². The minimum atomic E-state index is -0.494. The molecule has 6 heteroatoms. The van der Waals surface area contributed by atoms with Gasteiger partial charge in [0, 0.05) is 43.6 Å². The number of hydrogen-bond donors (Lipinski definition) is 0. The van der Waals surface area contributed by atoms with Gasteiger partial charge in [-0.2, -0.15) is 0 Å². The third kappa shape index (κ3) is 4.67. The van der Waals surface area contributed by atoms with Gasteiger partial charge in [-0.05, 0) is 39.2 Å². The molecule has 0 aromatic heterocycles. The Hall–Kier alpha value is -2.37. The van der Waals surface area contributed by atoms with E-state index in [1.54, 1.807) is 17.0 Å². The van der Waals surface area contributed by atoms with Crippen LogP contribution in [-0.2, 0) is 16.1 Å².